The van der Waals surface area contributed by atoms with Gasteiger partial charge >= 0.3 is 6.09 Å². The van der Waals surface area contributed by atoms with Gasteiger partial charge in [0.2, 0.25) is 0 Å². The third-order valence-electron chi connectivity index (χ3n) is 2.72. The number of carbonyl (C=O) groups excluding carboxylic acids is 1. The van der Waals surface area contributed by atoms with Crippen molar-refractivity contribution in [3.8, 4) is 5.75 Å². The maximum absolute atomic E-state index is 12.2. The molecule has 0 aliphatic carbocycles. The molecule has 1 aromatic carbocycles. The van der Waals surface area contributed by atoms with Crippen molar-refractivity contribution >= 4 is 32.9 Å². The quantitative estimate of drug-likeness (QED) is 0.764. The predicted molar refractivity (Wildman–Crippen MR) is 87.0 cm³/mol. The Kier molecular flexibility index (Phi) is 4.33. The molecule has 0 saturated carbocycles. The van der Waals surface area contributed by atoms with E-state index in [1.807, 2.05) is 52.8 Å². The molecule has 0 radical (unpaired) electrons. The second-order valence-electron chi connectivity index (χ2n) is 6.14. The van der Waals surface area contributed by atoms with Crippen LogP contribution in [0, 0.1) is 0 Å². The molecule has 4 nitrogen and oxygen atoms in total. The third-order valence-corrected chi connectivity index (χ3v) is 3.54. The fourth-order valence-corrected chi connectivity index (χ4v) is 2.54. The highest BCUT2D eigenvalue weighted by molar-refractivity contribution is 9.10. The van der Waals surface area contributed by atoms with Crippen LogP contribution in [0.3, 0.4) is 0 Å². The van der Waals surface area contributed by atoms with E-state index >= 15 is 0 Å². The molecule has 0 amide bonds. The molecule has 0 atom stereocenters. The van der Waals surface area contributed by atoms with Gasteiger partial charge in [-0.3, -0.25) is 4.57 Å². The second kappa shape index (κ2) is 5.72. The van der Waals surface area contributed by atoms with Crippen molar-refractivity contribution in [3.05, 3.63) is 28.9 Å². The number of fused-ring (bicyclic) bond motifs is 1. The fourth-order valence-electron chi connectivity index (χ4n) is 1.98. The lowest BCUT2D eigenvalue weighted by Gasteiger charge is -2.20. The molecule has 5 heteroatoms. The largest absolute Gasteiger partial charge is 0.490 e. The smallest absolute Gasteiger partial charge is 0.418 e. The van der Waals surface area contributed by atoms with Crippen molar-refractivity contribution < 1.29 is 14.3 Å². The molecule has 0 unspecified atom stereocenters. The van der Waals surface area contributed by atoms with Gasteiger partial charge in [-0.25, -0.2) is 4.79 Å². The highest BCUT2D eigenvalue weighted by Crippen LogP contribution is 2.34. The van der Waals surface area contributed by atoms with Crippen molar-refractivity contribution in [1.82, 2.24) is 4.57 Å². The molecule has 0 aliphatic rings. The molecular formula is C16H20BrNO3. The Bertz CT molecular complexity index is 668. The maximum Gasteiger partial charge on any atom is 0.418 e. The van der Waals surface area contributed by atoms with Gasteiger partial charge in [-0.1, -0.05) is 0 Å². The second-order valence-corrected chi connectivity index (χ2v) is 6.94. The Hall–Kier alpha value is -1.49. The summed E-state index contributed by atoms with van der Waals surface area (Å²) in [6.07, 6.45) is 1.41. The van der Waals surface area contributed by atoms with Crippen molar-refractivity contribution in [2.45, 2.75) is 46.3 Å². The summed E-state index contributed by atoms with van der Waals surface area (Å²) < 4.78 is 13.5. The zero-order chi connectivity index (χ0) is 15.8. The first-order valence-electron chi connectivity index (χ1n) is 6.88. The van der Waals surface area contributed by atoms with Crippen LogP contribution in [-0.2, 0) is 4.74 Å². The molecule has 2 aromatic rings. The van der Waals surface area contributed by atoms with Crippen LogP contribution < -0.4 is 4.74 Å². The Morgan fingerprint density at radius 3 is 2.48 bits per heavy atom. The van der Waals surface area contributed by atoms with Gasteiger partial charge in [0.15, 0.2) is 0 Å². The minimum absolute atomic E-state index is 0.0895. The van der Waals surface area contributed by atoms with Crippen LogP contribution in [0.4, 0.5) is 4.79 Å². The lowest BCUT2D eigenvalue weighted by molar-refractivity contribution is 0.0544. The van der Waals surface area contributed by atoms with Crippen LogP contribution in [0.15, 0.2) is 28.9 Å². The Balaban J connectivity index is 2.41. The van der Waals surface area contributed by atoms with Gasteiger partial charge in [0, 0.05) is 11.6 Å². The first kappa shape index (κ1) is 15.9. The molecule has 0 N–H and O–H groups in total. The highest BCUT2D eigenvalue weighted by Gasteiger charge is 2.20. The Morgan fingerprint density at radius 2 is 1.90 bits per heavy atom. The van der Waals surface area contributed by atoms with E-state index in [-0.39, 0.29) is 12.2 Å². The highest BCUT2D eigenvalue weighted by atomic mass is 79.9. The first-order valence-corrected chi connectivity index (χ1v) is 7.68. The number of benzene rings is 1. The number of halogens is 1. The summed E-state index contributed by atoms with van der Waals surface area (Å²) in [4.78, 5) is 12.2. The van der Waals surface area contributed by atoms with Crippen molar-refractivity contribution in [2.24, 2.45) is 0 Å². The number of hydrogen-bond acceptors (Lipinski definition) is 3. The van der Waals surface area contributed by atoms with Crippen LogP contribution in [-0.4, -0.2) is 22.4 Å². The van der Waals surface area contributed by atoms with Gasteiger partial charge in [0.05, 0.1) is 16.1 Å². The molecule has 0 aliphatic heterocycles. The van der Waals surface area contributed by atoms with E-state index in [0.717, 1.165) is 21.1 Å². The average molecular weight is 354 g/mol. The number of carbonyl (C=O) groups is 1. The average Bonchev–Trinajstić information content (AvgIpc) is 2.74. The van der Waals surface area contributed by atoms with E-state index in [4.69, 9.17) is 9.47 Å². The standard InChI is InChI=1S/C16H20BrNO3/c1-10(2)20-13-7-6-12-11(14(13)17)8-9-18(12)15(19)21-16(3,4)5/h6-10H,1-5H3. The number of ether oxygens (including phenoxy) is 2. The van der Waals surface area contributed by atoms with Gasteiger partial charge < -0.3 is 9.47 Å². The number of hydrogen-bond donors (Lipinski definition) is 0. The molecule has 0 spiro atoms. The van der Waals surface area contributed by atoms with Crippen LogP contribution in [0.5, 0.6) is 5.75 Å². The van der Waals surface area contributed by atoms with E-state index in [1.165, 1.54) is 4.57 Å². The predicted octanol–water partition coefficient (Wildman–Crippen LogP) is 4.97. The zero-order valence-corrected chi connectivity index (χ0v) is 14.5. The van der Waals surface area contributed by atoms with E-state index in [9.17, 15) is 4.79 Å². The van der Waals surface area contributed by atoms with Crippen LogP contribution in [0.1, 0.15) is 34.6 Å². The minimum atomic E-state index is -0.522. The van der Waals surface area contributed by atoms with Gasteiger partial charge in [-0.2, -0.15) is 0 Å². The van der Waals surface area contributed by atoms with Crippen LogP contribution >= 0.6 is 15.9 Å². The van der Waals surface area contributed by atoms with E-state index < -0.39 is 5.60 Å². The molecule has 0 saturated heterocycles. The molecule has 21 heavy (non-hydrogen) atoms. The van der Waals surface area contributed by atoms with Gasteiger partial charge in [-0.05, 0) is 68.7 Å². The van der Waals surface area contributed by atoms with Gasteiger partial charge in [-0.15, -0.1) is 0 Å². The number of rotatable bonds is 2. The summed E-state index contributed by atoms with van der Waals surface area (Å²) in [5.41, 5.74) is 0.262. The number of nitrogens with zero attached hydrogens (tertiary/aromatic N) is 1. The third kappa shape index (κ3) is 3.59. The van der Waals surface area contributed by atoms with Gasteiger partial charge in [0.1, 0.15) is 11.4 Å². The fraction of sp³-hybridized carbons (Fsp3) is 0.438. The molecule has 1 aromatic heterocycles. The lowest BCUT2D eigenvalue weighted by Crippen LogP contribution is -2.26. The Morgan fingerprint density at radius 1 is 1.24 bits per heavy atom. The summed E-state index contributed by atoms with van der Waals surface area (Å²) >= 11 is 3.54. The summed E-state index contributed by atoms with van der Waals surface area (Å²) in [5, 5.41) is 0.916. The number of aromatic nitrogens is 1. The molecule has 1 heterocycles. The van der Waals surface area contributed by atoms with E-state index in [1.54, 1.807) is 6.20 Å². The van der Waals surface area contributed by atoms with E-state index in [2.05, 4.69) is 15.9 Å². The molecular weight excluding hydrogens is 334 g/mol. The molecule has 2 rings (SSSR count). The van der Waals surface area contributed by atoms with Crippen LogP contribution in [0.2, 0.25) is 0 Å². The lowest BCUT2D eigenvalue weighted by atomic mass is 10.2. The van der Waals surface area contributed by atoms with Crippen molar-refractivity contribution in [3.63, 3.8) is 0 Å². The molecule has 114 valence electrons. The van der Waals surface area contributed by atoms with E-state index in [0.29, 0.717) is 0 Å². The first-order chi connectivity index (χ1) is 9.69. The van der Waals surface area contributed by atoms with Crippen LogP contribution in [0.25, 0.3) is 10.9 Å². The summed E-state index contributed by atoms with van der Waals surface area (Å²) in [6, 6.07) is 5.59. The summed E-state index contributed by atoms with van der Waals surface area (Å²) in [7, 11) is 0. The monoisotopic (exact) mass is 353 g/mol. The topological polar surface area (TPSA) is 40.5 Å². The molecule has 0 fully saturated rings. The van der Waals surface area contributed by atoms with Crippen molar-refractivity contribution in [1.29, 1.82) is 0 Å². The summed E-state index contributed by atoms with van der Waals surface area (Å²) in [5.74, 6) is 0.763. The summed E-state index contributed by atoms with van der Waals surface area (Å²) in [6.45, 7) is 9.49. The molecule has 0 bridgehead atoms. The van der Waals surface area contributed by atoms with Crippen molar-refractivity contribution in [2.75, 3.05) is 0 Å². The normalized spacial score (nSPS) is 12.0. The van der Waals surface area contributed by atoms with Gasteiger partial charge in [0.25, 0.3) is 0 Å². The zero-order valence-electron chi connectivity index (χ0n) is 12.9. The minimum Gasteiger partial charge on any atom is -0.490 e. The SMILES string of the molecule is CC(C)Oc1ccc2c(ccn2C(=O)OC(C)(C)C)c1Br. The maximum atomic E-state index is 12.2. The Labute approximate surface area is 133 Å².